The Labute approximate surface area is 338 Å². The first-order valence-corrected chi connectivity index (χ1v) is 20.1. The molecule has 11 aromatic carbocycles. The SMILES string of the molecule is Cc1ccc(N(c2ccc3ccccc3c2)c2ccc3c(c2)cc(-c2ccc4ccccc4c2)c2cc(-c4cc5ccccc5cc4-c4ccccc4)ccc23)cc1. The minimum atomic E-state index is 1.12. The van der Waals surface area contributed by atoms with Crippen LogP contribution in [-0.4, -0.2) is 0 Å². The van der Waals surface area contributed by atoms with Crippen molar-refractivity contribution in [2.24, 2.45) is 0 Å². The quantitative estimate of drug-likeness (QED) is 0.154. The normalized spacial score (nSPS) is 11.5. The van der Waals surface area contributed by atoms with Crippen LogP contribution in [0.1, 0.15) is 5.56 Å². The summed E-state index contributed by atoms with van der Waals surface area (Å²) in [7, 11) is 0. The van der Waals surface area contributed by atoms with E-state index < -0.39 is 0 Å². The molecule has 272 valence electrons. The molecule has 0 fully saturated rings. The minimum Gasteiger partial charge on any atom is -0.310 e. The summed E-state index contributed by atoms with van der Waals surface area (Å²) in [6.07, 6.45) is 0. The van der Waals surface area contributed by atoms with E-state index in [1.54, 1.807) is 0 Å². The van der Waals surface area contributed by atoms with Crippen LogP contribution in [0.5, 0.6) is 0 Å². The van der Waals surface area contributed by atoms with Gasteiger partial charge in [0.2, 0.25) is 0 Å². The van der Waals surface area contributed by atoms with Gasteiger partial charge in [-0.15, -0.1) is 0 Å². The summed E-state index contributed by atoms with van der Waals surface area (Å²) in [5, 5.41) is 12.3. The van der Waals surface area contributed by atoms with Gasteiger partial charge in [0.05, 0.1) is 0 Å². The van der Waals surface area contributed by atoms with Gasteiger partial charge in [0.15, 0.2) is 0 Å². The fourth-order valence-corrected chi connectivity index (χ4v) is 8.84. The van der Waals surface area contributed by atoms with Gasteiger partial charge in [-0.05, 0) is 161 Å². The molecule has 0 spiro atoms. The summed E-state index contributed by atoms with van der Waals surface area (Å²) in [5.74, 6) is 0. The Balaban J connectivity index is 1.15. The molecule has 0 amide bonds. The maximum absolute atomic E-state index is 2.43. The lowest BCUT2D eigenvalue weighted by molar-refractivity contribution is 1.28. The lowest BCUT2D eigenvalue weighted by atomic mass is 9.87. The summed E-state index contributed by atoms with van der Waals surface area (Å²) in [6, 6.07) is 80.5. The molecule has 1 heteroatoms. The lowest BCUT2D eigenvalue weighted by Gasteiger charge is -2.26. The Bertz CT molecular complexity index is 3340. The van der Waals surface area contributed by atoms with Gasteiger partial charge in [-0.2, -0.15) is 0 Å². The molecule has 0 saturated heterocycles. The second-order valence-corrected chi connectivity index (χ2v) is 15.5. The largest absolute Gasteiger partial charge is 0.310 e. The second kappa shape index (κ2) is 13.9. The molecule has 0 unspecified atom stereocenters. The van der Waals surface area contributed by atoms with Crippen LogP contribution in [0.15, 0.2) is 218 Å². The van der Waals surface area contributed by atoms with Crippen molar-refractivity contribution in [1.82, 2.24) is 0 Å². The predicted molar refractivity (Wildman–Crippen MR) is 250 cm³/mol. The number of rotatable bonds is 6. The van der Waals surface area contributed by atoms with E-state index in [0.717, 1.165) is 17.1 Å². The summed E-state index contributed by atoms with van der Waals surface area (Å²) < 4.78 is 0. The van der Waals surface area contributed by atoms with Crippen LogP contribution >= 0.6 is 0 Å². The number of hydrogen-bond acceptors (Lipinski definition) is 1. The first kappa shape index (κ1) is 33.8. The van der Waals surface area contributed by atoms with E-state index in [1.807, 2.05) is 0 Å². The van der Waals surface area contributed by atoms with Crippen molar-refractivity contribution < 1.29 is 0 Å². The van der Waals surface area contributed by atoms with E-state index in [1.165, 1.54) is 92.8 Å². The number of fused-ring (bicyclic) bond motifs is 6. The fourth-order valence-electron chi connectivity index (χ4n) is 8.84. The summed E-state index contributed by atoms with van der Waals surface area (Å²) in [6.45, 7) is 2.15. The number of hydrogen-bond donors (Lipinski definition) is 0. The van der Waals surface area contributed by atoms with Gasteiger partial charge in [0.25, 0.3) is 0 Å². The molecule has 0 aliphatic rings. The molecule has 0 saturated carbocycles. The van der Waals surface area contributed by atoms with Gasteiger partial charge in [-0.3, -0.25) is 0 Å². The van der Waals surface area contributed by atoms with Gasteiger partial charge < -0.3 is 4.90 Å². The van der Waals surface area contributed by atoms with Crippen LogP contribution in [0.4, 0.5) is 17.1 Å². The van der Waals surface area contributed by atoms with E-state index in [0.29, 0.717) is 0 Å². The highest BCUT2D eigenvalue weighted by Gasteiger charge is 2.18. The molecule has 0 radical (unpaired) electrons. The standard InChI is InChI=1S/C57H39N/c1-38-19-25-49(26-20-38)58(50-27-23-40-12-6-8-16-43(40)32-50)51-28-30-52-48(33-51)37-56(46-22-21-39-11-5-7-15-42(39)31-46)57-36-47(24-29-53(52)57)55-35-45-18-10-9-17-44(45)34-54(55)41-13-3-2-4-14-41/h2-37H,1H3. The molecule has 1 nitrogen and oxygen atoms in total. The molecule has 0 heterocycles. The average molecular weight is 738 g/mol. The first-order valence-electron chi connectivity index (χ1n) is 20.1. The van der Waals surface area contributed by atoms with E-state index in [2.05, 4.69) is 230 Å². The Morgan fingerprint density at radius 2 is 0.724 bits per heavy atom. The highest BCUT2D eigenvalue weighted by atomic mass is 15.1. The van der Waals surface area contributed by atoms with Gasteiger partial charge in [0.1, 0.15) is 0 Å². The highest BCUT2D eigenvalue weighted by molar-refractivity contribution is 6.16. The number of nitrogens with zero attached hydrogens (tertiary/aromatic N) is 1. The molecule has 0 bridgehead atoms. The van der Waals surface area contributed by atoms with Crippen molar-refractivity contribution in [3.05, 3.63) is 224 Å². The van der Waals surface area contributed by atoms with Crippen LogP contribution in [-0.2, 0) is 0 Å². The smallest absolute Gasteiger partial charge is 0.0468 e. The van der Waals surface area contributed by atoms with Crippen molar-refractivity contribution in [2.45, 2.75) is 6.92 Å². The fraction of sp³-hybridized carbons (Fsp3) is 0.0175. The number of benzene rings is 11. The van der Waals surface area contributed by atoms with Gasteiger partial charge in [-0.25, -0.2) is 0 Å². The molecule has 0 aliphatic heterocycles. The summed E-state index contributed by atoms with van der Waals surface area (Å²) in [4.78, 5) is 2.39. The molecule has 0 aromatic heterocycles. The predicted octanol–water partition coefficient (Wildman–Crippen LogP) is 16.2. The highest BCUT2D eigenvalue weighted by Crippen LogP contribution is 2.44. The van der Waals surface area contributed by atoms with Crippen molar-refractivity contribution in [1.29, 1.82) is 0 Å². The monoisotopic (exact) mass is 737 g/mol. The third kappa shape index (κ3) is 5.97. The molecule has 58 heavy (non-hydrogen) atoms. The molecule has 11 rings (SSSR count). The maximum Gasteiger partial charge on any atom is 0.0468 e. The first-order chi connectivity index (χ1) is 28.6. The number of aryl methyl sites for hydroxylation is 1. The van der Waals surface area contributed by atoms with E-state index in [9.17, 15) is 0 Å². The molecule has 0 N–H and O–H groups in total. The van der Waals surface area contributed by atoms with Gasteiger partial charge in [-0.1, -0.05) is 157 Å². The minimum absolute atomic E-state index is 1.12. The maximum atomic E-state index is 2.43. The zero-order valence-corrected chi connectivity index (χ0v) is 32.2. The van der Waals surface area contributed by atoms with E-state index in [-0.39, 0.29) is 0 Å². The molecular weight excluding hydrogens is 699 g/mol. The van der Waals surface area contributed by atoms with E-state index in [4.69, 9.17) is 0 Å². The summed E-state index contributed by atoms with van der Waals surface area (Å²) >= 11 is 0. The molecular formula is C57H39N. The van der Waals surface area contributed by atoms with Crippen LogP contribution in [0.2, 0.25) is 0 Å². The van der Waals surface area contributed by atoms with Crippen LogP contribution in [0.25, 0.3) is 87.2 Å². The Morgan fingerprint density at radius 3 is 1.41 bits per heavy atom. The van der Waals surface area contributed by atoms with Crippen LogP contribution < -0.4 is 4.90 Å². The molecule has 0 aliphatic carbocycles. The Hall–Kier alpha value is -7.48. The Morgan fingerprint density at radius 1 is 0.259 bits per heavy atom. The van der Waals surface area contributed by atoms with Crippen LogP contribution in [0.3, 0.4) is 0 Å². The van der Waals surface area contributed by atoms with Gasteiger partial charge in [0, 0.05) is 17.1 Å². The number of anilines is 3. The third-order valence-corrected chi connectivity index (χ3v) is 11.8. The average Bonchev–Trinajstić information content (AvgIpc) is 3.29. The zero-order chi connectivity index (χ0) is 38.6. The van der Waals surface area contributed by atoms with Crippen LogP contribution in [0, 0.1) is 6.92 Å². The Kier molecular flexibility index (Phi) is 8.12. The lowest BCUT2D eigenvalue weighted by Crippen LogP contribution is -2.10. The van der Waals surface area contributed by atoms with Crippen molar-refractivity contribution in [3.63, 3.8) is 0 Å². The summed E-state index contributed by atoms with van der Waals surface area (Å²) in [5.41, 5.74) is 11.9. The second-order valence-electron chi connectivity index (χ2n) is 15.5. The van der Waals surface area contributed by atoms with Crippen molar-refractivity contribution in [3.8, 4) is 33.4 Å². The zero-order valence-electron chi connectivity index (χ0n) is 32.2. The van der Waals surface area contributed by atoms with E-state index >= 15 is 0 Å². The van der Waals surface area contributed by atoms with Gasteiger partial charge >= 0.3 is 0 Å². The molecule has 11 aromatic rings. The third-order valence-electron chi connectivity index (χ3n) is 11.8. The van der Waals surface area contributed by atoms with Crippen molar-refractivity contribution >= 4 is 70.9 Å². The topological polar surface area (TPSA) is 3.24 Å². The molecule has 0 atom stereocenters. The van der Waals surface area contributed by atoms with Crippen molar-refractivity contribution in [2.75, 3.05) is 4.90 Å².